The van der Waals surface area contributed by atoms with Crippen LogP contribution in [0.15, 0.2) is 24.3 Å². The standard InChI is InChI=1S/C15H22N2O2S/c1-19-14-6-4-3-5-13(14)16-8-10-17(11-9-16)15(18)7-12-20-2/h3-6H,7-12H2,1-2H3. The second-order valence-electron chi connectivity index (χ2n) is 4.78. The van der Waals surface area contributed by atoms with Gasteiger partial charge in [-0.1, -0.05) is 12.1 Å². The second-order valence-corrected chi connectivity index (χ2v) is 5.77. The molecule has 1 amide bonds. The normalized spacial score (nSPS) is 15.3. The second kappa shape index (κ2) is 7.43. The summed E-state index contributed by atoms with van der Waals surface area (Å²) in [6.45, 7) is 3.33. The van der Waals surface area contributed by atoms with Gasteiger partial charge in [0.15, 0.2) is 0 Å². The number of carbonyl (C=O) groups excluding carboxylic acids is 1. The first-order chi connectivity index (χ1) is 9.76. The molecular formula is C15H22N2O2S. The number of benzene rings is 1. The van der Waals surface area contributed by atoms with Crippen molar-refractivity contribution in [3.8, 4) is 5.75 Å². The Morgan fingerprint density at radius 1 is 1.25 bits per heavy atom. The number of amides is 1. The van der Waals surface area contributed by atoms with Crippen LogP contribution in [-0.4, -0.2) is 56.1 Å². The van der Waals surface area contributed by atoms with Crippen LogP contribution in [0.25, 0.3) is 0 Å². The summed E-state index contributed by atoms with van der Waals surface area (Å²) in [4.78, 5) is 16.3. The minimum Gasteiger partial charge on any atom is -0.495 e. The van der Waals surface area contributed by atoms with Crippen molar-refractivity contribution in [2.45, 2.75) is 6.42 Å². The largest absolute Gasteiger partial charge is 0.495 e. The Labute approximate surface area is 125 Å². The van der Waals surface area contributed by atoms with Gasteiger partial charge >= 0.3 is 0 Å². The fraction of sp³-hybridized carbons (Fsp3) is 0.533. The van der Waals surface area contributed by atoms with Gasteiger partial charge in [0.05, 0.1) is 12.8 Å². The Kier molecular flexibility index (Phi) is 5.59. The van der Waals surface area contributed by atoms with Crippen LogP contribution in [0.4, 0.5) is 5.69 Å². The molecule has 0 unspecified atom stereocenters. The first kappa shape index (κ1) is 15.0. The first-order valence-electron chi connectivity index (χ1n) is 6.91. The highest BCUT2D eigenvalue weighted by atomic mass is 32.2. The Balaban J connectivity index is 1.92. The summed E-state index contributed by atoms with van der Waals surface area (Å²) in [6, 6.07) is 8.05. The van der Waals surface area contributed by atoms with Gasteiger partial charge in [-0.2, -0.15) is 11.8 Å². The lowest BCUT2D eigenvalue weighted by Crippen LogP contribution is -2.49. The number of hydrogen-bond donors (Lipinski definition) is 0. The zero-order valence-electron chi connectivity index (χ0n) is 12.2. The number of ether oxygens (including phenoxy) is 1. The van der Waals surface area contributed by atoms with Crippen molar-refractivity contribution < 1.29 is 9.53 Å². The van der Waals surface area contributed by atoms with Gasteiger partial charge < -0.3 is 14.5 Å². The Morgan fingerprint density at radius 2 is 1.95 bits per heavy atom. The van der Waals surface area contributed by atoms with Crippen molar-refractivity contribution in [2.75, 3.05) is 50.2 Å². The summed E-state index contributed by atoms with van der Waals surface area (Å²) in [5.41, 5.74) is 1.12. The molecule has 0 saturated carbocycles. The third-order valence-electron chi connectivity index (χ3n) is 3.58. The molecule has 110 valence electrons. The monoisotopic (exact) mass is 294 g/mol. The van der Waals surface area contributed by atoms with E-state index in [1.165, 1.54) is 0 Å². The van der Waals surface area contributed by atoms with Gasteiger partial charge in [0.2, 0.25) is 5.91 Å². The summed E-state index contributed by atoms with van der Waals surface area (Å²) in [6.07, 6.45) is 2.68. The average Bonchev–Trinajstić information content (AvgIpc) is 2.52. The molecule has 1 aromatic carbocycles. The van der Waals surface area contributed by atoms with Crippen LogP contribution >= 0.6 is 11.8 Å². The summed E-state index contributed by atoms with van der Waals surface area (Å²) in [7, 11) is 1.70. The molecule has 4 nitrogen and oxygen atoms in total. The van der Waals surface area contributed by atoms with Crippen molar-refractivity contribution in [3.63, 3.8) is 0 Å². The number of para-hydroxylation sites is 2. The van der Waals surface area contributed by atoms with E-state index in [2.05, 4.69) is 11.0 Å². The van der Waals surface area contributed by atoms with E-state index < -0.39 is 0 Å². The van der Waals surface area contributed by atoms with Gasteiger partial charge in [-0.05, 0) is 18.4 Å². The van der Waals surface area contributed by atoms with Gasteiger partial charge in [0.1, 0.15) is 5.75 Å². The molecule has 1 aliphatic rings. The lowest BCUT2D eigenvalue weighted by Gasteiger charge is -2.36. The van der Waals surface area contributed by atoms with Crippen molar-refractivity contribution in [1.82, 2.24) is 4.90 Å². The van der Waals surface area contributed by atoms with Crippen molar-refractivity contribution in [2.24, 2.45) is 0 Å². The molecule has 2 rings (SSSR count). The Hall–Kier alpha value is -1.36. The Bertz CT molecular complexity index is 445. The molecule has 0 bridgehead atoms. The van der Waals surface area contributed by atoms with Crippen LogP contribution in [0.1, 0.15) is 6.42 Å². The summed E-state index contributed by atoms with van der Waals surface area (Å²) in [5.74, 6) is 2.08. The van der Waals surface area contributed by atoms with Crippen LogP contribution < -0.4 is 9.64 Å². The lowest BCUT2D eigenvalue weighted by atomic mass is 10.2. The van der Waals surface area contributed by atoms with E-state index in [-0.39, 0.29) is 5.91 Å². The van der Waals surface area contributed by atoms with E-state index in [9.17, 15) is 4.79 Å². The van der Waals surface area contributed by atoms with Gasteiger partial charge in [-0.3, -0.25) is 4.79 Å². The maximum atomic E-state index is 12.0. The summed E-state index contributed by atoms with van der Waals surface area (Å²) in [5, 5.41) is 0. The van der Waals surface area contributed by atoms with E-state index in [0.717, 1.165) is 43.4 Å². The number of methoxy groups -OCH3 is 1. The number of rotatable bonds is 5. The molecule has 1 aliphatic heterocycles. The van der Waals surface area contributed by atoms with Crippen LogP contribution in [0.5, 0.6) is 5.75 Å². The predicted octanol–water partition coefficient (Wildman–Crippen LogP) is 2.10. The molecule has 20 heavy (non-hydrogen) atoms. The lowest BCUT2D eigenvalue weighted by molar-refractivity contribution is -0.131. The van der Waals surface area contributed by atoms with Crippen molar-refractivity contribution >= 4 is 23.4 Å². The number of nitrogens with zero attached hydrogens (tertiary/aromatic N) is 2. The van der Waals surface area contributed by atoms with Crippen molar-refractivity contribution in [3.05, 3.63) is 24.3 Å². The number of piperazine rings is 1. The zero-order chi connectivity index (χ0) is 14.4. The zero-order valence-corrected chi connectivity index (χ0v) is 13.0. The SMILES string of the molecule is COc1ccccc1N1CCN(C(=O)CCSC)CC1. The molecule has 0 aromatic heterocycles. The maximum absolute atomic E-state index is 12.0. The molecule has 1 heterocycles. The molecule has 0 N–H and O–H groups in total. The molecule has 0 atom stereocenters. The van der Waals surface area contributed by atoms with Crippen LogP contribution in [0.2, 0.25) is 0 Å². The van der Waals surface area contributed by atoms with Crippen LogP contribution in [0, 0.1) is 0 Å². The van der Waals surface area contributed by atoms with E-state index >= 15 is 0 Å². The van der Waals surface area contributed by atoms with Crippen LogP contribution in [-0.2, 0) is 4.79 Å². The first-order valence-corrected chi connectivity index (χ1v) is 8.30. The van der Waals surface area contributed by atoms with E-state index in [0.29, 0.717) is 6.42 Å². The van der Waals surface area contributed by atoms with Gasteiger partial charge in [0.25, 0.3) is 0 Å². The van der Waals surface area contributed by atoms with Crippen molar-refractivity contribution in [1.29, 1.82) is 0 Å². The minimum absolute atomic E-state index is 0.277. The molecule has 0 spiro atoms. The maximum Gasteiger partial charge on any atom is 0.223 e. The summed E-state index contributed by atoms with van der Waals surface area (Å²) < 4.78 is 5.40. The molecule has 1 fully saturated rings. The summed E-state index contributed by atoms with van der Waals surface area (Å²) >= 11 is 1.72. The third kappa shape index (κ3) is 3.60. The number of hydrogen-bond acceptors (Lipinski definition) is 4. The molecule has 1 saturated heterocycles. The van der Waals surface area contributed by atoms with E-state index in [1.807, 2.05) is 29.4 Å². The van der Waals surface area contributed by atoms with Gasteiger partial charge in [-0.25, -0.2) is 0 Å². The number of anilines is 1. The average molecular weight is 294 g/mol. The third-order valence-corrected chi connectivity index (χ3v) is 4.19. The van der Waals surface area contributed by atoms with E-state index in [1.54, 1.807) is 18.9 Å². The topological polar surface area (TPSA) is 32.8 Å². The molecule has 5 heteroatoms. The fourth-order valence-corrected chi connectivity index (χ4v) is 2.81. The fourth-order valence-electron chi connectivity index (χ4n) is 2.44. The molecule has 0 radical (unpaired) electrons. The highest BCUT2D eigenvalue weighted by molar-refractivity contribution is 7.98. The minimum atomic E-state index is 0.277. The quantitative estimate of drug-likeness (QED) is 0.832. The smallest absolute Gasteiger partial charge is 0.223 e. The number of carbonyl (C=O) groups is 1. The molecule has 0 aliphatic carbocycles. The predicted molar refractivity (Wildman–Crippen MR) is 84.8 cm³/mol. The van der Waals surface area contributed by atoms with Gasteiger partial charge in [-0.15, -0.1) is 0 Å². The Morgan fingerprint density at radius 3 is 2.60 bits per heavy atom. The van der Waals surface area contributed by atoms with Crippen LogP contribution in [0.3, 0.4) is 0 Å². The number of thioether (sulfide) groups is 1. The highest BCUT2D eigenvalue weighted by Gasteiger charge is 2.22. The van der Waals surface area contributed by atoms with Gasteiger partial charge in [0, 0.05) is 38.4 Å². The molecular weight excluding hydrogens is 272 g/mol. The highest BCUT2D eigenvalue weighted by Crippen LogP contribution is 2.28. The molecule has 1 aromatic rings. The van der Waals surface area contributed by atoms with E-state index in [4.69, 9.17) is 4.74 Å².